The molecule has 0 aromatic heterocycles. The molecule has 0 radical (unpaired) electrons. The van der Waals surface area contributed by atoms with E-state index in [1.807, 2.05) is 30.3 Å². The van der Waals surface area contributed by atoms with Gasteiger partial charge in [-0.3, -0.25) is 10.1 Å². The summed E-state index contributed by atoms with van der Waals surface area (Å²) in [5, 5.41) is 6.06. The van der Waals surface area contributed by atoms with Gasteiger partial charge in [0.25, 0.3) is 5.91 Å². The molecule has 0 saturated heterocycles. The van der Waals surface area contributed by atoms with Gasteiger partial charge in [0, 0.05) is 27.8 Å². The minimum absolute atomic E-state index is 0.0442. The van der Waals surface area contributed by atoms with E-state index in [2.05, 4.69) is 15.4 Å². The second kappa shape index (κ2) is 10.9. The Bertz CT molecular complexity index is 1200. The van der Waals surface area contributed by atoms with Crippen LogP contribution in [0, 0.1) is 0 Å². The van der Waals surface area contributed by atoms with Crippen molar-refractivity contribution >= 4 is 62.2 Å². The number of halogens is 2. The number of hydrogen-bond acceptors (Lipinski definition) is 4. The molecule has 3 aromatic rings. The molecule has 1 amide bonds. The van der Waals surface area contributed by atoms with Gasteiger partial charge >= 0.3 is 0 Å². The number of anilines is 1. The van der Waals surface area contributed by atoms with E-state index in [1.165, 1.54) is 30.3 Å². The Morgan fingerprint density at radius 2 is 1.53 bits per heavy atom. The summed E-state index contributed by atoms with van der Waals surface area (Å²) in [5.74, 6) is -0.478. The van der Waals surface area contributed by atoms with Gasteiger partial charge in [-0.1, -0.05) is 53.5 Å². The predicted molar refractivity (Wildman–Crippen MR) is 132 cm³/mol. The van der Waals surface area contributed by atoms with Crippen molar-refractivity contribution in [1.82, 2.24) is 10.0 Å². The molecule has 0 fully saturated rings. The monoisotopic (exact) mass is 507 g/mol. The Labute approximate surface area is 202 Å². The lowest BCUT2D eigenvalue weighted by atomic mass is 10.2. The summed E-state index contributed by atoms with van der Waals surface area (Å²) in [4.78, 5) is 12.4. The summed E-state index contributed by atoms with van der Waals surface area (Å²) in [6.07, 6.45) is 0.589. The number of hydrogen-bond donors (Lipinski definition) is 3. The van der Waals surface area contributed by atoms with Gasteiger partial charge in [-0.25, -0.2) is 13.1 Å². The normalized spacial score (nSPS) is 11.1. The van der Waals surface area contributed by atoms with Gasteiger partial charge in [-0.15, -0.1) is 0 Å². The van der Waals surface area contributed by atoms with Crippen LogP contribution >= 0.6 is 35.4 Å². The molecular formula is C22H19Cl2N3O3S2. The largest absolute Gasteiger partial charge is 0.332 e. The molecule has 0 aliphatic carbocycles. The lowest BCUT2D eigenvalue weighted by Crippen LogP contribution is -2.34. The minimum atomic E-state index is -3.64. The van der Waals surface area contributed by atoms with E-state index >= 15 is 0 Å². The summed E-state index contributed by atoms with van der Waals surface area (Å²) >= 11 is 17.0. The third-order valence-corrected chi connectivity index (χ3v) is 6.44. The quantitative estimate of drug-likeness (QED) is 0.405. The smallest absolute Gasteiger partial charge is 0.257 e. The number of benzene rings is 3. The highest BCUT2D eigenvalue weighted by atomic mass is 35.5. The first-order valence-corrected chi connectivity index (χ1v) is 12.1. The van der Waals surface area contributed by atoms with Crippen molar-refractivity contribution in [2.45, 2.75) is 11.3 Å². The van der Waals surface area contributed by atoms with Crippen molar-refractivity contribution in [1.29, 1.82) is 0 Å². The molecule has 0 unspecified atom stereocenters. The number of thiocarbonyl (C=S) groups is 1. The van der Waals surface area contributed by atoms with Crippen LogP contribution < -0.4 is 15.4 Å². The van der Waals surface area contributed by atoms with Crippen LogP contribution in [0.3, 0.4) is 0 Å². The van der Waals surface area contributed by atoms with Crippen molar-refractivity contribution in [2.75, 3.05) is 11.9 Å². The van der Waals surface area contributed by atoms with E-state index in [-0.39, 0.29) is 22.1 Å². The molecule has 32 heavy (non-hydrogen) atoms. The average Bonchev–Trinajstić information content (AvgIpc) is 2.74. The molecule has 0 atom stereocenters. The Hall–Kier alpha value is -2.49. The second-order valence-corrected chi connectivity index (χ2v) is 9.77. The first-order valence-electron chi connectivity index (χ1n) is 9.45. The summed E-state index contributed by atoms with van der Waals surface area (Å²) in [6, 6.07) is 20.1. The molecule has 3 N–H and O–H groups in total. The first kappa shape index (κ1) is 24.2. The fourth-order valence-corrected chi connectivity index (χ4v) is 4.57. The van der Waals surface area contributed by atoms with Crippen LogP contribution in [-0.4, -0.2) is 26.0 Å². The summed E-state index contributed by atoms with van der Waals surface area (Å²) in [6.45, 7) is 0.288. The maximum Gasteiger partial charge on any atom is 0.257 e. The SMILES string of the molecule is O=C(NC(=S)Nc1ccc(S(=O)(=O)NCCc2ccccc2)cc1)c1cc(Cl)cc(Cl)c1. The fourth-order valence-electron chi connectivity index (χ4n) is 2.80. The zero-order chi connectivity index (χ0) is 23.1. The topological polar surface area (TPSA) is 87.3 Å². The predicted octanol–water partition coefficient (Wildman–Crippen LogP) is 4.64. The molecule has 0 saturated carbocycles. The lowest BCUT2D eigenvalue weighted by molar-refractivity contribution is 0.0977. The van der Waals surface area contributed by atoms with Crippen LogP contribution in [0.25, 0.3) is 0 Å². The highest BCUT2D eigenvalue weighted by Gasteiger charge is 2.14. The van der Waals surface area contributed by atoms with E-state index in [4.69, 9.17) is 35.4 Å². The summed E-state index contributed by atoms with van der Waals surface area (Å²) in [5.41, 5.74) is 1.82. The molecule has 0 spiro atoms. The van der Waals surface area contributed by atoms with Gasteiger partial charge in [-0.2, -0.15) is 0 Å². The number of sulfonamides is 1. The minimum Gasteiger partial charge on any atom is -0.332 e. The van der Waals surface area contributed by atoms with Gasteiger partial charge in [0.1, 0.15) is 0 Å². The van der Waals surface area contributed by atoms with E-state index < -0.39 is 15.9 Å². The van der Waals surface area contributed by atoms with Crippen molar-refractivity contribution in [3.8, 4) is 0 Å². The Morgan fingerprint density at radius 1 is 0.906 bits per heavy atom. The van der Waals surface area contributed by atoms with Gasteiger partial charge < -0.3 is 5.32 Å². The Balaban J connectivity index is 1.55. The fraction of sp³-hybridized carbons (Fsp3) is 0.0909. The van der Waals surface area contributed by atoms with Crippen molar-refractivity contribution in [2.24, 2.45) is 0 Å². The number of amides is 1. The van der Waals surface area contributed by atoms with Crippen LogP contribution in [0.4, 0.5) is 5.69 Å². The highest BCUT2D eigenvalue weighted by molar-refractivity contribution is 7.89. The van der Waals surface area contributed by atoms with Crippen LogP contribution in [0.15, 0.2) is 77.7 Å². The molecule has 0 aliphatic rings. The maximum atomic E-state index is 12.5. The van der Waals surface area contributed by atoms with Gasteiger partial charge in [0.15, 0.2) is 5.11 Å². The number of carbonyl (C=O) groups excluding carboxylic acids is 1. The molecule has 3 aromatic carbocycles. The molecule has 166 valence electrons. The molecule has 0 aliphatic heterocycles. The molecule has 10 heteroatoms. The standard InChI is InChI=1S/C22H19Cl2N3O3S2/c23-17-12-16(13-18(24)14-17)21(28)27-22(31)26-19-6-8-20(9-7-19)32(29,30)25-11-10-15-4-2-1-3-5-15/h1-9,12-14,25H,10-11H2,(H2,26,27,28,31). The van der Waals surface area contributed by atoms with Crippen LogP contribution in [0.1, 0.15) is 15.9 Å². The van der Waals surface area contributed by atoms with Crippen LogP contribution in [0.2, 0.25) is 10.0 Å². The van der Waals surface area contributed by atoms with E-state index in [0.29, 0.717) is 22.2 Å². The highest BCUT2D eigenvalue weighted by Crippen LogP contribution is 2.19. The zero-order valence-electron chi connectivity index (χ0n) is 16.6. The van der Waals surface area contributed by atoms with Gasteiger partial charge in [0.05, 0.1) is 4.90 Å². The number of carbonyl (C=O) groups is 1. The van der Waals surface area contributed by atoms with E-state index in [1.54, 1.807) is 12.1 Å². The van der Waals surface area contributed by atoms with E-state index in [0.717, 1.165) is 5.56 Å². The molecule has 6 nitrogen and oxygen atoms in total. The number of rotatable bonds is 7. The van der Waals surface area contributed by atoms with Gasteiger partial charge in [-0.05, 0) is 66.7 Å². The van der Waals surface area contributed by atoms with Crippen molar-refractivity contribution < 1.29 is 13.2 Å². The summed E-state index contributed by atoms with van der Waals surface area (Å²) < 4.78 is 27.5. The molecular weight excluding hydrogens is 489 g/mol. The first-order chi connectivity index (χ1) is 15.2. The summed E-state index contributed by atoms with van der Waals surface area (Å²) in [7, 11) is -3.64. The number of nitrogens with one attached hydrogen (secondary N) is 3. The molecule has 0 heterocycles. The van der Waals surface area contributed by atoms with Gasteiger partial charge in [0.2, 0.25) is 10.0 Å². The Kier molecular flexibility index (Phi) is 8.22. The molecule has 3 rings (SSSR count). The zero-order valence-corrected chi connectivity index (χ0v) is 19.8. The third-order valence-electron chi connectivity index (χ3n) is 4.32. The molecule has 0 bridgehead atoms. The van der Waals surface area contributed by atoms with Crippen LogP contribution in [-0.2, 0) is 16.4 Å². The Morgan fingerprint density at radius 3 is 2.16 bits per heavy atom. The average molecular weight is 508 g/mol. The van der Waals surface area contributed by atoms with Crippen molar-refractivity contribution in [3.05, 3.63) is 94.0 Å². The van der Waals surface area contributed by atoms with Crippen LogP contribution in [0.5, 0.6) is 0 Å². The second-order valence-electron chi connectivity index (χ2n) is 6.72. The van der Waals surface area contributed by atoms with Crippen molar-refractivity contribution in [3.63, 3.8) is 0 Å². The maximum absolute atomic E-state index is 12.5. The van der Waals surface area contributed by atoms with E-state index in [9.17, 15) is 13.2 Å². The lowest BCUT2D eigenvalue weighted by Gasteiger charge is -2.11. The third kappa shape index (κ3) is 7.01.